The zero-order valence-electron chi connectivity index (χ0n) is 12.0. The van der Waals surface area contributed by atoms with E-state index >= 15 is 0 Å². The molecule has 1 amide bonds. The molecule has 6 nitrogen and oxygen atoms in total. The Kier molecular flexibility index (Phi) is 5.19. The van der Waals surface area contributed by atoms with Crippen molar-refractivity contribution < 1.29 is 17.9 Å². The molecular formula is C14H20N2O4S. The third-order valence-corrected chi connectivity index (χ3v) is 4.02. The van der Waals surface area contributed by atoms with Gasteiger partial charge in [-0.25, -0.2) is 13.1 Å². The summed E-state index contributed by atoms with van der Waals surface area (Å²) in [5.41, 5.74) is 0. The molecule has 0 spiro atoms. The number of hydrogen-bond acceptors (Lipinski definition) is 4. The molecule has 1 N–H and O–H groups in total. The lowest BCUT2D eigenvalue weighted by atomic mass is 10.1. The maximum atomic E-state index is 12.1. The largest absolute Gasteiger partial charge is 0.484 e. The van der Waals surface area contributed by atoms with Crippen LogP contribution in [-0.2, 0) is 14.8 Å². The van der Waals surface area contributed by atoms with Crippen LogP contribution in [0.5, 0.6) is 5.75 Å². The van der Waals surface area contributed by atoms with Crippen molar-refractivity contribution in [3.05, 3.63) is 30.3 Å². The number of piperidine rings is 1. The van der Waals surface area contributed by atoms with Gasteiger partial charge in [-0.3, -0.25) is 4.79 Å². The van der Waals surface area contributed by atoms with E-state index in [-0.39, 0.29) is 18.6 Å². The zero-order valence-corrected chi connectivity index (χ0v) is 12.8. The van der Waals surface area contributed by atoms with Crippen LogP contribution in [0.25, 0.3) is 0 Å². The molecule has 1 aromatic carbocycles. The Labute approximate surface area is 125 Å². The maximum Gasteiger partial charge on any atom is 0.260 e. The Balaban J connectivity index is 1.84. The van der Waals surface area contributed by atoms with Gasteiger partial charge in [0.15, 0.2) is 6.61 Å². The summed E-state index contributed by atoms with van der Waals surface area (Å²) in [4.78, 5) is 13.8. The van der Waals surface area contributed by atoms with Crippen molar-refractivity contribution in [2.24, 2.45) is 0 Å². The Morgan fingerprint density at radius 2 is 2.10 bits per heavy atom. The molecule has 1 saturated heterocycles. The van der Waals surface area contributed by atoms with E-state index in [2.05, 4.69) is 4.72 Å². The van der Waals surface area contributed by atoms with Gasteiger partial charge >= 0.3 is 0 Å². The highest BCUT2D eigenvalue weighted by Crippen LogP contribution is 2.12. The number of benzene rings is 1. The summed E-state index contributed by atoms with van der Waals surface area (Å²) < 4.78 is 30.5. The molecule has 1 aliphatic heterocycles. The number of nitrogens with one attached hydrogen (secondary N) is 1. The van der Waals surface area contributed by atoms with Gasteiger partial charge in [-0.2, -0.15) is 0 Å². The molecule has 1 unspecified atom stereocenters. The minimum absolute atomic E-state index is 0.0321. The molecule has 21 heavy (non-hydrogen) atoms. The summed E-state index contributed by atoms with van der Waals surface area (Å²) in [5.74, 6) is 0.521. The summed E-state index contributed by atoms with van der Waals surface area (Å²) in [6.45, 7) is 0.999. The number of rotatable bonds is 5. The lowest BCUT2D eigenvalue weighted by Crippen LogP contribution is -2.50. The number of likely N-dealkylation sites (tertiary alicyclic amines) is 1. The normalized spacial score (nSPS) is 19.3. The fraction of sp³-hybridized carbons (Fsp3) is 0.500. The fourth-order valence-corrected chi connectivity index (χ4v) is 3.15. The molecule has 0 radical (unpaired) electrons. The van der Waals surface area contributed by atoms with Gasteiger partial charge in [0.05, 0.1) is 6.26 Å². The first-order valence-electron chi connectivity index (χ1n) is 6.87. The van der Waals surface area contributed by atoms with Crippen LogP contribution in [0.15, 0.2) is 30.3 Å². The van der Waals surface area contributed by atoms with E-state index in [1.54, 1.807) is 17.0 Å². The first kappa shape index (κ1) is 15.8. The van der Waals surface area contributed by atoms with E-state index < -0.39 is 10.0 Å². The smallest absolute Gasteiger partial charge is 0.260 e. The highest BCUT2D eigenvalue weighted by molar-refractivity contribution is 7.88. The van der Waals surface area contributed by atoms with Crippen molar-refractivity contribution in [2.75, 3.05) is 26.0 Å². The minimum atomic E-state index is -3.25. The zero-order chi connectivity index (χ0) is 15.3. The van der Waals surface area contributed by atoms with Gasteiger partial charge in [0.25, 0.3) is 5.91 Å². The van der Waals surface area contributed by atoms with E-state index in [9.17, 15) is 13.2 Å². The summed E-state index contributed by atoms with van der Waals surface area (Å²) in [7, 11) is -3.25. The number of carbonyl (C=O) groups excluding carboxylic acids is 1. The Hall–Kier alpha value is -1.60. The monoisotopic (exact) mass is 312 g/mol. The van der Waals surface area contributed by atoms with Crippen molar-refractivity contribution in [1.82, 2.24) is 9.62 Å². The van der Waals surface area contributed by atoms with E-state index in [4.69, 9.17) is 4.74 Å². The van der Waals surface area contributed by atoms with E-state index in [1.165, 1.54) is 0 Å². The van der Waals surface area contributed by atoms with Gasteiger partial charge < -0.3 is 9.64 Å². The quantitative estimate of drug-likeness (QED) is 0.864. The number of carbonyl (C=O) groups is 1. The molecule has 1 atom stereocenters. The van der Waals surface area contributed by atoms with E-state index in [0.717, 1.165) is 19.1 Å². The molecule has 0 aliphatic carbocycles. The summed E-state index contributed by atoms with van der Waals surface area (Å²) in [5, 5.41) is 0. The second-order valence-electron chi connectivity index (χ2n) is 5.17. The molecule has 7 heteroatoms. The topological polar surface area (TPSA) is 75.7 Å². The number of nitrogens with zero attached hydrogens (tertiary/aromatic N) is 1. The van der Waals surface area contributed by atoms with Gasteiger partial charge in [-0.1, -0.05) is 18.2 Å². The molecule has 1 fully saturated rings. The molecule has 1 heterocycles. The van der Waals surface area contributed by atoms with E-state index in [0.29, 0.717) is 18.8 Å². The molecule has 0 aromatic heterocycles. The molecule has 116 valence electrons. The van der Waals surface area contributed by atoms with Gasteiger partial charge in [0, 0.05) is 19.1 Å². The van der Waals surface area contributed by atoms with Crippen LogP contribution in [0, 0.1) is 0 Å². The number of ether oxygens (including phenoxy) is 1. The second kappa shape index (κ2) is 6.91. The maximum absolute atomic E-state index is 12.1. The minimum Gasteiger partial charge on any atom is -0.484 e. The first-order chi connectivity index (χ1) is 9.94. The Morgan fingerprint density at radius 1 is 1.38 bits per heavy atom. The molecule has 0 saturated carbocycles. The van der Waals surface area contributed by atoms with Gasteiger partial charge in [0.1, 0.15) is 5.75 Å². The summed E-state index contributed by atoms with van der Waals surface area (Å²) in [6, 6.07) is 8.92. The summed E-state index contributed by atoms with van der Waals surface area (Å²) >= 11 is 0. The molecular weight excluding hydrogens is 292 g/mol. The van der Waals surface area contributed by atoms with Crippen LogP contribution in [0.1, 0.15) is 12.8 Å². The van der Waals surface area contributed by atoms with Gasteiger partial charge in [-0.15, -0.1) is 0 Å². The van der Waals surface area contributed by atoms with Crippen LogP contribution in [0.3, 0.4) is 0 Å². The number of amides is 1. The van der Waals surface area contributed by atoms with Crippen molar-refractivity contribution in [2.45, 2.75) is 18.9 Å². The number of sulfonamides is 1. The van der Waals surface area contributed by atoms with E-state index in [1.807, 2.05) is 18.2 Å². The molecule has 1 aliphatic rings. The molecule has 1 aromatic rings. The standard InChI is InChI=1S/C14H20N2O4S/c1-21(18,19)15-12-6-5-9-16(10-12)14(17)11-20-13-7-3-2-4-8-13/h2-4,7-8,12,15H,5-6,9-11H2,1H3. The lowest BCUT2D eigenvalue weighted by Gasteiger charge is -2.32. The lowest BCUT2D eigenvalue weighted by molar-refractivity contribution is -0.134. The summed E-state index contributed by atoms with van der Waals surface area (Å²) in [6.07, 6.45) is 2.66. The van der Waals surface area contributed by atoms with Crippen LogP contribution < -0.4 is 9.46 Å². The predicted octanol–water partition coefficient (Wildman–Crippen LogP) is 0.606. The van der Waals surface area contributed by atoms with Crippen LogP contribution in [0.4, 0.5) is 0 Å². The average molecular weight is 312 g/mol. The van der Waals surface area contributed by atoms with Gasteiger partial charge in [-0.05, 0) is 25.0 Å². The van der Waals surface area contributed by atoms with Crippen molar-refractivity contribution >= 4 is 15.9 Å². The Morgan fingerprint density at radius 3 is 2.76 bits per heavy atom. The highest BCUT2D eigenvalue weighted by atomic mass is 32.2. The van der Waals surface area contributed by atoms with Crippen molar-refractivity contribution in [1.29, 1.82) is 0 Å². The number of hydrogen-bond donors (Lipinski definition) is 1. The predicted molar refractivity (Wildman–Crippen MR) is 79.5 cm³/mol. The molecule has 2 rings (SSSR count). The number of para-hydroxylation sites is 1. The van der Waals surface area contributed by atoms with Crippen LogP contribution in [0.2, 0.25) is 0 Å². The average Bonchev–Trinajstić information content (AvgIpc) is 2.44. The highest BCUT2D eigenvalue weighted by Gasteiger charge is 2.25. The SMILES string of the molecule is CS(=O)(=O)NC1CCCN(C(=O)COc2ccccc2)C1. The van der Waals surface area contributed by atoms with Gasteiger partial charge in [0.2, 0.25) is 10.0 Å². The second-order valence-corrected chi connectivity index (χ2v) is 6.95. The third kappa shape index (κ3) is 5.35. The third-order valence-electron chi connectivity index (χ3n) is 3.26. The van der Waals surface area contributed by atoms with Crippen molar-refractivity contribution in [3.63, 3.8) is 0 Å². The Bertz CT molecular complexity index is 574. The van der Waals surface area contributed by atoms with Crippen LogP contribution >= 0.6 is 0 Å². The first-order valence-corrected chi connectivity index (χ1v) is 8.76. The molecule has 0 bridgehead atoms. The van der Waals surface area contributed by atoms with Crippen LogP contribution in [-0.4, -0.2) is 51.2 Å². The fourth-order valence-electron chi connectivity index (χ4n) is 2.36. The van der Waals surface area contributed by atoms with Crippen molar-refractivity contribution in [3.8, 4) is 5.75 Å².